The molecule has 1 aromatic carbocycles. The highest BCUT2D eigenvalue weighted by atomic mass is 32.1. The molecule has 0 aliphatic carbocycles. The first-order chi connectivity index (χ1) is 8.69. The van der Waals surface area contributed by atoms with E-state index in [-0.39, 0.29) is 11.7 Å². The van der Waals surface area contributed by atoms with Crippen LogP contribution in [0.2, 0.25) is 0 Å². The topological polar surface area (TPSA) is 35.2 Å². The van der Waals surface area contributed by atoms with Gasteiger partial charge in [0, 0.05) is 28.3 Å². The van der Waals surface area contributed by atoms with Gasteiger partial charge in [0.05, 0.1) is 6.61 Å². The molecule has 4 heteroatoms. The fraction of sp³-hybridized carbons (Fsp3) is 0.286. The highest BCUT2D eigenvalue weighted by molar-refractivity contribution is 7.12. The van der Waals surface area contributed by atoms with Gasteiger partial charge < -0.3 is 10.5 Å². The van der Waals surface area contributed by atoms with Crippen LogP contribution >= 0.6 is 11.3 Å². The van der Waals surface area contributed by atoms with Crippen LogP contribution in [0, 0.1) is 12.7 Å². The lowest BCUT2D eigenvalue weighted by molar-refractivity contribution is 0.290. The van der Waals surface area contributed by atoms with Gasteiger partial charge in [0.25, 0.3) is 0 Å². The molecular weight excluding hydrogens is 249 g/mol. The standard InChI is InChI=1S/C14H16FNOS/c1-10-5-6-14(18-10)11(8-16)9-17-13-4-2-3-12(15)7-13/h2-7,11H,8-9,16H2,1H3. The van der Waals surface area contributed by atoms with Crippen LogP contribution in [0.5, 0.6) is 5.75 Å². The van der Waals surface area contributed by atoms with Crippen LogP contribution in [0.15, 0.2) is 36.4 Å². The lowest BCUT2D eigenvalue weighted by atomic mass is 10.1. The number of rotatable bonds is 5. The summed E-state index contributed by atoms with van der Waals surface area (Å²) in [5.41, 5.74) is 5.76. The van der Waals surface area contributed by atoms with Crippen LogP contribution in [0.3, 0.4) is 0 Å². The van der Waals surface area contributed by atoms with Gasteiger partial charge in [-0.15, -0.1) is 11.3 Å². The fourth-order valence-corrected chi connectivity index (χ4v) is 2.67. The van der Waals surface area contributed by atoms with Crippen molar-refractivity contribution in [1.29, 1.82) is 0 Å². The summed E-state index contributed by atoms with van der Waals surface area (Å²) in [4.78, 5) is 2.47. The summed E-state index contributed by atoms with van der Waals surface area (Å²) in [6.45, 7) is 3.06. The van der Waals surface area contributed by atoms with Gasteiger partial charge in [-0.1, -0.05) is 6.07 Å². The van der Waals surface area contributed by atoms with Crippen LogP contribution in [-0.4, -0.2) is 13.2 Å². The third kappa shape index (κ3) is 3.31. The molecular formula is C14H16FNOS. The van der Waals surface area contributed by atoms with Crippen molar-refractivity contribution in [3.8, 4) is 5.75 Å². The number of ether oxygens (including phenoxy) is 1. The zero-order valence-corrected chi connectivity index (χ0v) is 11.0. The number of aryl methyl sites for hydroxylation is 1. The van der Waals surface area contributed by atoms with Crippen molar-refractivity contribution >= 4 is 11.3 Å². The smallest absolute Gasteiger partial charge is 0.126 e. The van der Waals surface area contributed by atoms with E-state index in [0.29, 0.717) is 18.9 Å². The fourth-order valence-electron chi connectivity index (χ4n) is 1.69. The number of benzene rings is 1. The average Bonchev–Trinajstić information content (AvgIpc) is 2.77. The largest absolute Gasteiger partial charge is 0.493 e. The number of nitrogens with two attached hydrogens (primary N) is 1. The molecule has 0 aliphatic heterocycles. The molecule has 2 aromatic rings. The van der Waals surface area contributed by atoms with E-state index in [4.69, 9.17) is 10.5 Å². The molecule has 96 valence electrons. The van der Waals surface area contributed by atoms with Gasteiger partial charge in [0.1, 0.15) is 11.6 Å². The van der Waals surface area contributed by atoms with Gasteiger partial charge in [0.15, 0.2) is 0 Å². The second kappa shape index (κ2) is 5.98. The minimum atomic E-state index is -0.288. The van der Waals surface area contributed by atoms with Gasteiger partial charge in [-0.05, 0) is 31.2 Å². The molecule has 2 N–H and O–H groups in total. The van der Waals surface area contributed by atoms with Crippen molar-refractivity contribution in [3.63, 3.8) is 0 Å². The summed E-state index contributed by atoms with van der Waals surface area (Å²) in [6.07, 6.45) is 0. The minimum absolute atomic E-state index is 0.159. The van der Waals surface area contributed by atoms with Crippen molar-refractivity contribution in [1.82, 2.24) is 0 Å². The molecule has 0 spiro atoms. The van der Waals surface area contributed by atoms with Crippen LogP contribution in [0.4, 0.5) is 4.39 Å². The summed E-state index contributed by atoms with van der Waals surface area (Å²) in [5, 5.41) is 0. The molecule has 1 heterocycles. The summed E-state index contributed by atoms with van der Waals surface area (Å²) in [5.74, 6) is 0.414. The molecule has 0 fully saturated rings. The predicted molar refractivity (Wildman–Crippen MR) is 72.7 cm³/mol. The van der Waals surface area contributed by atoms with E-state index in [0.717, 1.165) is 0 Å². The van der Waals surface area contributed by atoms with Crippen LogP contribution in [-0.2, 0) is 0 Å². The molecule has 0 bridgehead atoms. The predicted octanol–water partition coefficient (Wildman–Crippen LogP) is 3.32. The van der Waals surface area contributed by atoms with E-state index >= 15 is 0 Å². The van der Waals surface area contributed by atoms with E-state index in [1.807, 2.05) is 0 Å². The van der Waals surface area contributed by atoms with Crippen molar-refractivity contribution < 1.29 is 9.13 Å². The van der Waals surface area contributed by atoms with E-state index < -0.39 is 0 Å². The van der Waals surface area contributed by atoms with Gasteiger partial charge in [0.2, 0.25) is 0 Å². The molecule has 18 heavy (non-hydrogen) atoms. The molecule has 2 nitrogen and oxygen atoms in total. The highest BCUT2D eigenvalue weighted by Gasteiger charge is 2.12. The SMILES string of the molecule is Cc1ccc(C(CN)COc2cccc(F)c2)s1. The monoisotopic (exact) mass is 265 g/mol. The van der Waals surface area contributed by atoms with E-state index in [1.54, 1.807) is 23.5 Å². The second-order valence-corrected chi connectivity index (χ2v) is 5.47. The van der Waals surface area contributed by atoms with E-state index in [2.05, 4.69) is 19.1 Å². The van der Waals surface area contributed by atoms with Crippen LogP contribution < -0.4 is 10.5 Å². The third-order valence-corrected chi connectivity index (χ3v) is 3.86. The van der Waals surface area contributed by atoms with Crippen molar-refractivity contribution in [2.24, 2.45) is 5.73 Å². The Morgan fingerprint density at radius 1 is 1.33 bits per heavy atom. The Kier molecular flexibility index (Phi) is 4.33. The zero-order valence-electron chi connectivity index (χ0n) is 10.2. The second-order valence-electron chi connectivity index (χ2n) is 4.15. The molecule has 0 saturated heterocycles. The van der Waals surface area contributed by atoms with Gasteiger partial charge in [-0.3, -0.25) is 0 Å². The van der Waals surface area contributed by atoms with Crippen molar-refractivity contribution in [3.05, 3.63) is 52.0 Å². The van der Waals surface area contributed by atoms with Crippen molar-refractivity contribution in [2.45, 2.75) is 12.8 Å². The summed E-state index contributed by atoms with van der Waals surface area (Å²) in [7, 11) is 0. The maximum Gasteiger partial charge on any atom is 0.126 e. The maximum absolute atomic E-state index is 13.0. The Morgan fingerprint density at radius 2 is 2.17 bits per heavy atom. The molecule has 1 aromatic heterocycles. The minimum Gasteiger partial charge on any atom is -0.493 e. The lowest BCUT2D eigenvalue weighted by Crippen LogP contribution is -2.18. The Morgan fingerprint density at radius 3 is 2.78 bits per heavy atom. The van der Waals surface area contributed by atoms with Crippen LogP contribution in [0.25, 0.3) is 0 Å². The zero-order chi connectivity index (χ0) is 13.0. The van der Waals surface area contributed by atoms with Gasteiger partial charge in [-0.2, -0.15) is 0 Å². The molecule has 0 amide bonds. The molecule has 1 atom stereocenters. The maximum atomic E-state index is 13.0. The van der Waals surface area contributed by atoms with Crippen LogP contribution in [0.1, 0.15) is 15.7 Å². The molecule has 0 radical (unpaired) electrons. The molecule has 0 saturated carbocycles. The highest BCUT2D eigenvalue weighted by Crippen LogP contribution is 2.25. The quantitative estimate of drug-likeness (QED) is 0.900. The Balaban J connectivity index is 1.99. The third-order valence-electron chi connectivity index (χ3n) is 2.70. The van der Waals surface area contributed by atoms with Gasteiger partial charge >= 0.3 is 0 Å². The van der Waals surface area contributed by atoms with Gasteiger partial charge in [-0.25, -0.2) is 4.39 Å². The Hall–Kier alpha value is -1.39. The number of hydrogen-bond donors (Lipinski definition) is 1. The number of halogens is 1. The molecule has 2 rings (SSSR count). The molecule has 0 aliphatic rings. The Bertz CT molecular complexity index is 512. The summed E-state index contributed by atoms with van der Waals surface area (Å²) >= 11 is 1.72. The summed E-state index contributed by atoms with van der Waals surface area (Å²) < 4.78 is 18.6. The molecule has 1 unspecified atom stereocenters. The average molecular weight is 265 g/mol. The number of hydrogen-bond acceptors (Lipinski definition) is 3. The normalized spacial score (nSPS) is 12.4. The Labute approximate surface area is 110 Å². The number of thiophene rings is 1. The van der Waals surface area contributed by atoms with E-state index in [9.17, 15) is 4.39 Å². The summed E-state index contributed by atoms with van der Waals surface area (Å²) in [6, 6.07) is 10.3. The first-order valence-electron chi connectivity index (χ1n) is 5.84. The van der Waals surface area contributed by atoms with E-state index in [1.165, 1.54) is 21.9 Å². The lowest BCUT2D eigenvalue weighted by Gasteiger charge is -2.14. The van der Waals surface area contributed by atoms with Crippen molar-refractivity contribution in [2.75, 3.05) is 13.2 Å². The first-order valence-corrected chi connectivity index (χ1v) is 6.65. The first kappa shape index (κ1) is 13.1.